The summed E-state index contributed by atoms with van der Waals surface area (Å²) in [6.07, 6.45) is 1.73. The van der Waals surface area contributed by atoms with E-state index in [1.807, 2.05) is 19.2 Å². The minimum absolute atomic E-state index is 0.0805. The summed E-state index contributed by atoms with van der Waals surface area (Å²) in [4.78, 5) is 10.7. The van der Waals surface area contributed by atoms with E-state index in [2.05, 4.69) is 22.8 Å². The van der Waals surface area contributed by atoms with Crippen LogP contribution in [0.1, 0.15) is 5.56 Å². The van der Waals surface area contributed by atoms with Crippen LogP contribution in [0.15, 0.2) is 29.6 Å². The molecule has 1 N–H and O–H groups in total. The maximum absolute atomic E-state index is 10.7. The van der Waals surface area contributed by atoms with Gasteiger partial charge in [-0.05, 0) is 35.9 Å². The summed E-state index contributed by atoms with van der Waals surface area (Å²) in [5.41, 5.74) is 1.25. The third-order valence-electron chi connectivity index (χ3n) is 2.54. The van der Waals surface area contributed by atoms with Crippen LogP contribution in [0, 0.1) is 0 Å². The first-order valence-electron chi connectivity index (χ1n) is 4.93. The van der Waals surface area contributed by atoms with Crippen LogP contribution < -0.4 is 5.32 Å². The van der Waals surface area contributed by atoms with Gasteiger partial charge in [0.05, 0.1) is 6.04 Å². The van der Waals surface area contributed by atoms with E-state index >= 15 is 0 Å². The molecular weight excluding hydrogens is 206 g/mol. The van der Waals surface area contributed by atoms with Crippen molar-refractivity contribution in [1.29, 1.82) is 0 Å². The van der Waals surface area contributed by atoms with E-state index in [0.717, 1.165) is 12.7 Å². The Morgan fingerprint density at radius 3 is 3.00 bits per heavy atom. The summed E-state index contributed by atoms with van der Waals surface area (Å²) in [6, 6.07) is 8.21. The molecule has 2 rings (SSSR count). The van der Waals surface area contributed by atoms with Gasteiger partial charge >= 0.3 is 0 Å². The van der Waals surface area contributed by atoms with Gasteiger partial charge in [-0.25, -0.2) is 0 Å². The fourth-order valence-corrected chi connectivity index (χ4v) is 2.62. The number of rotatable bonds is 4. The average molecular weight is 219 g/mol. The van der Waals surface area contributed by atoms with Gasteiger partial charge in [0.25, 0.3) is 0 Å². The van der Waals surface area contributed by atoms with Gasteiger partial charge in [-0.1, -0.05) is 18.2 Å². The van der Waals surface area contributed by atoms with E-state index in [0.29, 0.717) is 0 Å². The van der Waals surface area contributed by atoms with E-state index in [1.54, 1.807) is 11.3 Å². The molecule has 2 nitrogen and oxygen atoms in total. The number of hydrogen-bond donors (Lipinski definition) is 1. The van der Waals surface area contributed by atoms with Gasteiger partial charge in [-0.15, -0.1) is 11.3 Å². The molecule has 0 aliphatic heterocycles. The van der Waals surface area contributed by atoms with Crippen molar-refractivity contribution in [1.82, 2.24) is 5.32 Å². The Hall–Kier alpha value is -1.19. The zero-order valence-corrected chi connectivity index (χ0v) is 9.38. The molecule has 2 aromatic rings. The first-order chi connectivity index (χ1) is 7.35. The predicted molar refractivity (Wildman–Crippen MR) is 64.4 cm³/mol. The van der Waals surface area contributed by atoms with Crippen LogP contribution in [0.2, 0.25) is 0 Å². The standard InChI is InChI=1S/C12H13NOS/c1-13-10(7-14)6-9-8-15-12-5-3-2-4-11(9)12/h2-5,7-8,10,13H,6H2,1H3/t10-/m0/s1. The van der Waals surface area contributed by atoms with Crippen molar-refractivity contribution >= 4 is 27.7 Å². The quantitative estimate of drug-likeness (QED) is 0.799. The van der Waals surface area contributed by atoms with Crippen molar-refractivity contribution in [3.8, 4) is 0 Å². The Morgan fingerprint density at radius 2 is 2.27 bits per heavy atom. The highest BCUT2D eigenvalue weighted by Crippen LogP contribution is 2.26. The molecule has 3 heteroatoms. The van der Waals surface area contributed by atoms with Crippen LogP contribution in [-0.4, -0.2) is 19.4 Å². The topological polar surface area (TPSA) is 29.1 Å². The molecule has 0 fully saturated rings. The Labute approximate surface area is 92.9 Å². The molecular formula is C12H13NOS. The lowest BCUT2D eigenvalue weighted by Crippen LogP contribution is -2.28. The smallest absolute Gasteiger partial charge is 0.137 e. The maximum atomic E-state index is 10.7. The summed E-state index contributed by atoms with van der Waals surface area (Å²) < 4.78 is 1.29. The first-order valence-corrected chi connectivity index (χ1v) is 5.81. The number of likely N-dealkylation sites (N-methyl/N-ethyl adjacent to an activating group) is 1. The molecule has 0 saturated heterocycles. The van der Waals surface area contributed by atoms with Crippen LogP contribution in [-0.2, 0) is 11.2 Å². The molecule has 0 spiro atoms. The number of fused-ring (bicyclic) bond motifs is 1. The Bertz CT molecular complexity index is 463. The largest absolute Gasteiger partial charge is 0.311 e. The van der Waals surface area contributed by atoms with Crippen molar-refractivity contribution < 1.29 is 4.79 Å². The number of aldehydes is 1. The van der Waals surface area contributed by atoms with E-state index in [-0.39, 0.29) is 6.04 Å². The summed E-state index contributed by atoms with van der Waals surface area (Å²) >= 11 is 1.73. The molecule has 0 aliphatic rings. The number of benzene rings is 1. The van der Waals surface area contributed by atoms with Crippen molar-refractivity contribution in [2.24, 2.45) is 0 Å². The molecule has 0 unspecified atom stereocenters. The van der Waals surface area contributed by atoms with Crippen LogP contribution >= 0.6 is 11.3 Å². The summed E-state index contributed by atoms with van der Waals surface area (Å²) in [6.45, 7) is 0. The Morgan fingerprint density at radius 1 is 1.47 bits per heavy atom. The van der Waals surface area contributed by atoms with Gasteiger partial charge < -0.3 is 10.1 Å². The van der Waals surface area contributed by atoms with Gasteiger partial charge in [-0.3, -0.25) is 0 Å². The highest BCUT2D eigenvalue weighted by Gasteiger charge is 2.09. The lowest BCUT2D eigenvalue weighted by Gasteiger charge is -2.07. The number of carbonyl (C=O) groups excluding carboxylic acids is 1. The molecule has 0 saturated carbocycles. The second-order valence-corrected chi connectivity index (χ2v) is 4.40. The molecule has 0 amide bonds. The van der Waals surface area contributed by atoms with E-state index < -0.39 is 0 Å². The Balaban J connectivity index is 2.32. The first kappa shape index (κ1) is 10.3. The molecule has 1 atom stereocenters. The van der Waals surface area contributed by atoms with Crippen molar-refractivity contribution in [3.63, 3.8) is 0 Å². The van der Waals surface area contributed by atoms with Gasteiger partial charge in [0.2, 0.25) is 0 Å². The van der Waals surface area contributed by atoms with Crippen LogP contribution in [0.4, 0.5) is 0 Å². The molecule has 15 heavy (non-hydrogen) atoms. The minimum atomic E-state index is -0.0805. The fraction of sp³-hybridized carbons (Fsp3) is 0.250. The van der Waals surface area contributed by atoms with Gasteiger partial charge in [0.15, 0.2) is 0 Å². The number of nitrogens with one attached hydrogen (secondary N) is 1. The van der Waals surface area contributed by atoms with Crippen molar-refractivity contribution in [3.05, 3.63) is 35.2 Å². The van der Waals surface area contributed by atoms with E-state index in [4.69, 9.17) is 0 Å². The maximum Gasteiger partial charge on any atom is 0.137 e. The molecule has 0 radical (unpaired) electrons. The second-order valence-electron chi connectivity index (χ2n) is 3.49. The summed E-state index contributed by atoms with van der Waals surface area (Å²) in [5.74, 6) is 0. The Kier molecular flexibility index (Phi) is 3.14. The number of thiophene rings is 1. The van der Waals surface area contributed by atoms with Crippen LogP contribution in [0.5, 0.6) is 0 Å². The monoisotopic (exact) mass is 219 g/mol. The van der Waals surface area contributed by atoms with Gasteiger partial charge in [0, 0.05) is 4.70 Å². The fourth-order valence-electron chi connectivity index (χ4n) is 1.65. The van der Waals surface area contributed by atoms with Crippen molar-refractivity contribution in [2.75, 3.05) is 7.05 Å². The molecule has 78 valence electrons. The molecule has 0 aliphatic carbocycles. The highest BCUT2D eigenvalue weighted by molar-refractivity contribution is 7.17. The number of carbonyl (C=O) groups is 1. The lowest BCUT2D eigenvalue weighted by molar-refractivity contribution is -0.109. The predicted octanol–water partition coefficient (Wildman–Crippen LogP) is 2.23. The summed E-state index contributed by atoms with van der Waals surface area (Å²) in [5, 5.41) is 6.40. The van der Waals surface area contributed by atoms with Crippen molar-refractivity contribution in [2.45, 2.75) is 12.5 Å². The SMILES string of the molecule is CN[C@H](C=O)Cc1csc2ccccc12. The normalized spacial score (nSPS) is 12.9. The summed E-state index contributed by atoms with van der Waals surface area (Å²) in [7, 11) is 1.81. The molecule has 1 heterocycles. The number of hydrogen-bond acceptors (Lipinski definition) is 3. The minimum Gasteiger partial charge on any atom is -0.311 e. The van der Waals surface area contributed by atoms with Crippen LogP contribution in [0.25, 0.3) is 10.1 Å². The average Bonchev–Trinajstić information content (AvgIpc) is 2.69. The highest BCUT2D eigenvalue weighted by atomic mass is 32.1. The zero-order chi connectivity index (χ0) is 10.7. The van der Waals surface area contributed by atoms with Gasteiger partial charge in [-0.2, -0.15) is 0 Å². The third kappa shape index (κ3) is 2.08. The lowest BCUT2D eigenvalue weighted by atomic mass is 10.1. The van der Waals surface area contributed by atoms with Gasteiger partial charge in [0.1, 0.15) is 6.29 Å². The van der Waals surface area contributed by atoms with Crippen LogP contribution in [0.3, 0.4) is 0 Å². The third-order valence-corrected chi connectivity index (χ3v) is 3.55. The molecule has 0 bridgehead atoms. The molecule has 1 aromatic heterocycles. The molecule has 1 aromatic carbocycles. The van der Waals surface area contributed by atoms with E-state index in [1.165, 1.54) is 15.6 Å². The second kappa shape index (κ2) is 4.55. The zero-order valence-electron chi connectivity index (χ0n) is 8.57. The van der Waals surface area contributed by atoms with E-state index in [9.17, 15) is 4.79 Å².